The molecule has 0 bridgehead atoms. The van der Waals surface area contributed by atoms with Gasteiger partial charge < -0.3 is 4.65 Å². The van der Waals surface area contributed by atoms with Crippen LogP contribution in [0.5, 0.6) is 0 Å². The van der Waals surface area contributed by atoms with Crippen molar-refractivity contribution in [2.45, 2.75) is 19.6 Å². The van der Waals surface area contributed by atoms with Crippen LogP contribution < -0.4 is 9.83 Å². The van der Waals surface area contributed by atoms with Crippen LogP contribution in [0, 0.1) is 0 Å². The molecule has 0 heterocycles. The predicted molar refractivity (Wildman–Crippen MR) is 60.5 cm³/mol. The van der Waals surface area contributed by atoms with E-state index in [4.69, 9.17) is 0 Å². The number of hydrogen-bond acceptors (Lipinski definition) is 1. The highest BCUT2D eigenvalue weighted by molar-refractivity contribution is 6.91. The fraction of sp³-hybridized carbons (Fsp3) is 0.333. The number of hydrogen-bond donors (Lipinski definition) is 1. The van der Waals surface area contributed by atoms with Gasteiger partial charge in [0, 0.05) is 5.19 Å². The first kappa shape index (κ1) is 11.5. The molecule has 0 spiro atoms. The van der Waals surface area contributed by atoms with Gasteiger partial charge in [0.05, 0.1) is 0 Å². The quantitative estimate of drug-likeness (QED) is 0.621. The van der Waals surface area contributed by atoms with Gasteiger partial charge in [0.2, 0.25) is 0 Å². The van der Waals surface area contributed by atoms with E-state index in [-0.39, 0.29) is 5.19 Å². The third-order valence-corrected chi connectivity index (χ3v) is 6.98. The molecule has 1 aromatic rings. The molecule has 0 atom stereocenters. The molecular weight excluding hydrogens is 216 g/mol. The van der Waals surface area contributed by atoms with Gasteiger partial charge in [0.25, 0.3) is 0 Å². The zero-order valence-electron chi connectivity index (χ0n) is 8.64. The maximum atomic E-state index is 13.7. The summed E-state index contributed by atoms with van der Waals surface area (Å²) in [5.74, 6) is 0. The smallest absolute Gasteiger partial charge is 0.305 e. The van der Waals surface area contributed by atoms with Crippen LogP contribution >= 0.6 is 0 Å². The molecule has 0 unspecified atom stereocenters. The first-order valence-corrected chi connectivity index (χ1v) is 9.79. The summed E-state index contributed by atoms with van der Waals surface area (Å²) in [6, 6.07) is 8.06. The molecule has 78 valence electrons. The number of rotatable bonds is 3. The van der Waals surface area contributed by atoms with Crippen molar-refractivity contribution in [1.82, 2.24) is 4.65 Å². The molecule has 0 fully saturated rings. The first-order chi connectivity index (χ1) is 6.31. The Balaban J connectivity index is 2.86. The Kier molecular flexibility index (Phi) is 3.23. The van der Waals surface area contributed by atoms with Gasteiger partial charge in [-0.2, -0.15) is 0 Å². The fourth-order valence-corrected chi connectivity index (χ4v) is 6.15. The second kappa shape index (κ2) is 3.92. The number of nitrogens with one attached hydrogen (secondary N) is 1. The molecule has 1 aromatic carbocycles. The Morgan fingerprint density at radius 2 is 1.50 bits per heavy atom. The molecule has 0 saturated carbocycles. The van der Waals surface area contributed by atoms with Gasteiger partial charge >= 0.3 is 8.90 Å². The lowest BCUT2D eigenvalue weighted by atomic mass is 10.4. The third kappa shape index (κ3) is 3.32. The maximum Gasteiger partial charge on any atom is 0.531 e. The van der Waals surface area contributed by atoms with E-state index in [1.807, 2.05) is 19.6 Å². The SMILES string of the molecule is C[Si](C)(C)N[Si](F)(F)c1ccccc1. The summed E-state index contributed by atoms with van der Waals surface area (Å²) in [4.78, 5) is 0. The van der Waals surface area contributed by atoms with Crippen LogP contribution in [0.3, 0.4) is 0 Å². The van der Waals surface area contributed by atoms with Gasteiger partial charge in [-0.15, -0.1) is 0 Å². The molecule has 0 aliphatic heterocycles. The Labute approximate surface area is 85.7 Å². The molecule has 0 aliphatic carbocycles. The van der Waals surface area contributed by atoms with Gasteiger partial charge in [0.15, 0.2) is 0 Å². The minimum Gasteiger partial charge on any atom is -0.305 e. The second-order valence-corrected chi connectivity index (χ2v) is 11.5. The first-order valence-electron chi connectivity index (χ1n) is 4.54. The Morgan fingerprint density at radius 3 is 1.93 bits per heavy atom. The highest BCUT2D eigenvalue weighted by Gasteiger charge is 2.42. The van der Waals surface area contributed by atoms with Gasteiger partial charge in [0.1, 0.15) is 8.24 Å². The summed E-state index contributed by atoms with van der Waals surface area (Å²) >= 11 is 0. The summed E-state index contributed by atoms with van der Waals surface area (Å²) in [5, 5.41) is 0.169. The van der Waals surface area contributed by atoms with Gasteiger partial charge in [-0.25, -0.2) is 8.22 Å². The van der Waals surface area contributed by atoms with Crippen molar-refractivity contribution in [3.8, 4) is 0 Å². The standard InChI is InChI=1S/C9H15F2NSi2/c1-13(2,3)12-14(10,11)9-7-5-4-6-8-9/h4-8,12H,1-3H3. The minimum absolute atomic E-state index is 0.169. The molecule has 1 nitrogen and oxygen atoms in total. The molecular formula is C9H15F2NSi2. The van der Waals surface area contributed by atoms with Crippen LogP contribution in [0.15, 0.2) is 30.3 Å². The minimum atomic E-state index is -4.40. The van der Waals surface area contributed by atoms with Gasteiger partial charge in [-0.05, 0) is 0 Å². The topological polar surface area (TPSA) is 12.0 Å². The molecule has 0 aliphatic rings. The molecule has 1 N–H and O–H groups in total. The summed E-state index contributed by atoms with van der Waals surface area (Å²) in [5.41, 5.74) is 0. The molecule has 14 heavy (non-hydrogen) atoms. The Hall–Kier alpha value is -0.526. The van der Waals surface area contributed by atoms with E-state index >= 15 is 0 Å². The zero-order valence-corrected chi connectivity index (χ0v) is 10.6. The van der Waals surface area contributed by atoms with E-state index in [0.29, 0.717) is 0 Å². The zero-order chi connectivity index (χ0) is 10.8. The van der Waals surface area contributed by atoms with E-state index in [0.717, 1.165) is 0 Å². The van der Waals surface area contributed by atoms with E-state index < -0.39 is 17.1 Å². The molecule has 0 amide bonds. The summed E-state index contributed by atoms with van der Waals surface area (Å²) in [7, 11) is -6.32. The highest BCUT2D eigenvalue weighted by atomic mass is 28.5. The molecule has 0 aromatic heterocycles. The van der Waals surface area contributed by atoms with Crippen molar-refractivity contribution in [2.24, 2.45) is 0 Å². The van der Waals surface area contributed by atoms with E-state index in [9.17, 15) is 8.22 Å². The van der Waals surface area contributed by atoms with Crippen molar-refractivity contribution < 1.29 is 8.22 Å². The van der Waals surface area contributed by atoms with Gasteiger partial charge in [-0.3, -0.25) is 0 Å². The van der Waals surface area contributed by atoms with E-state index in [1.54, 1.807) is 18.2 Å². The highest BCUT2D eigenvalue weighted by Crippen LogP contribution is 2.08. The van der Waals surface area contributed by atoms with Crippen LogP contribution in [-0.2, 0) is 0 Å². The van der Waals surface area contributed by atoms with E-state index in [1.165, 1.54) is 12.1 Å². The fourth-order valence-electron chi connectivity index (χ4n) is 1.19. The van der Waals surface area contributed by atoms with Crippen molar-refractivity contribution in [2.75, 3.05) is 0 Å². The molecule has 0 radical (unpaired) electrons. The summed E-state index contributed by atoms with van der Waals surface area (Å²) in [6.07, 6.45) is 0. The largest absolute Gasteiger partial charge is 0.531 e. The average Bonchev–Trinajstić information content (AvgIpc) is 2.01. The monoisotopic (exact) mass is 231 g/mol. The number of halogens is 2. The van der Waals surface area contributed by atoms with Crippen molar-refractivity contribution in [3.05, 3.63) is 30.3 Å². The van der Waals surface area contributed by atoms with Crippen molar-refractivity contribution >= 4 is 22.3 Å². The van der Waals surface area contributed by atoms with Crippen LogP contribution in [-0.4, -0.2) is 17.1 Å². The Bertz CT molecular complexity index is 295. The van der Waals surface area contributed by atoms with E-state index in [2.05, 4.69) is 4.65 Å². The lowest BCUT2D eigenvalue weighted by Crippen LogP contribution is -2.62. The lowest BCUT2D eigenvalue weighted by molar-refractivity contribution is 0.613. The average molecular weight is 231 g/mol. The van der Waals surface area contributed by atoms with Crippen LogP contribution in [0.2, 0.25) is 19.6 Å². The molecule has 1 rings (SSSR count). The molecule has 0 saturated heterocycles. The summed E-state index contributed by atoms with van der Waals surface area (Å²) < 4.78 is 30.0. The molecule has 5 heteroatoms. The van der Waals surface area contributed by atoms with Crippen molar-refractivity contribution in [1.29, 1.82) is 0 Å². The second-order valence-electron chi connectivity index (χ2n) is 4.32. The van der Waals surface area contributed by atoms with Gasteiger partial charge in [-0.1, -0.05) is 50.0 Å². The normalized spacial score (nSPS) is 12.9. The van der Waals surface area contributed by atoms with Crippen LogP contribution in [0.1, 0.15) is 0 Å². The maximum absolute atomic E-state index is 13.7. The third-order valence-electron chi connectivity index (χ3n) is 1.67. The lowest BCUT2D eigenvalue weighted by Gasteiger charge is -2.24. The summed E-state index contributed by atoms with van der Waals surface area (Å²) in [6.45, 7) is 5.66. The van der Waals surface area contributed by atoms with Crippen LogP contribution in [0.25, 0.3) is 0 Å². The van der Waals surface area contributed by atoms with Crippen LogP contribution in [0.4, 0.5) is 8.22 Å². The number of benzene rings is 1. The van der Waals surface area contributed by atoms with Crippen molar-refractivity contribution in [3.63, 3.8) is 0 Å². The Morgan fingerprint density at radius 1 is 1.00 bits per heavy atom. The predicted octanol–water partition coefficient (Wildman–Crippen LogP) is 2.20.